The lowest BCUT2D eigenvalue weighted by Crippen LogP contribution is -1.70. The lowest BCUT2D eigenvalue weighted by Gasteiger charge is -1.89. The van der Waals surface area contributed by atoms with Gasteiger partial charge in [0.05, 0.1) is 6.07 Å². The summed E-state index contributed by atoms with van der Waals surface area (Å²) in [6.07, 6.45) is 6.33. The molecule has 0 aliphatic carbocycles. The van der Waals surface area contributed by atoms with Crippen molar-refractivity contribution < 1.29 is 0 Å². The predicted octanol–water partition coefficient (Wildman–Crippen LogP) is 2.42. The van der Waals surface area contributed by atoms with E-state index in [4.69, 9.17) is 5.26 Å². The van der Waals surface area contributed by atoms with Crippen molar-refractivity contribution in [3.63, 3.8) is 0 Å². The van der Waals surface area contributed by atoms with Gasteiger partial charge < -0.3 is 0 Å². The fraction of sp³-hybridized carbons (Fsp3) is 0.375. The van der Waals surface area contributed by atoms with Gasteiger partial charge in [-0.25, -0.2) is 0 Å². The maximum atomic E-state index is 8.14. The monoisotopic (exact) mass is 121 g/mol. The molecule has 0 fully saturated rings. The molecule has 1 heteroatoms. The summed E-state index contributed by atoms with van der Waals surface area (Å²) in [6, 6.07) is 1.95. The first kappa shape index (κ1) is 7.97. The Bertz CT molecular complexity index is 158. The molecule has 0 rings (SSSR count). The third kappa shape index (κ3) is 3.54. The topological polar surface area (TPSA) is 23.8 Å². The summed E-state index contributed by atoms with van der Waals surface area (Å²) >= 11 is 0. The molecule has 0 unspecified atom stereocenters. The van der Waals surface area contributed by atoms with Gasteiger partial charge in [0.25, 0.3) is 0 Å². The second-order valence-corrected chi connectivity index (χ2v) is 1.68. The first-order valence-corrected chi connectivity index (χ1v) is 3.06. The van der Waals surface area contributed by atoms with Crippen LogP contribution in [0.5, 0.6) is 0 Å². The van der Waals surface area contributed by atoms with Crippen molar-refractivity contribution in [3.05, 3.63) is 23.8 Å². The number of allylic oxidation sites excluding steroid dienone is 4. The van der Waals surface area contributed by atoms with Crippen LogP contribution < -0.4 is 0 Å². The third-order valence-electron chi connectivity index (χ3n) is 1.15. The molecule has 0 aromatic rings. The van der Waals surface area contributed by atoms with Gasteiger partial charge in [-0.2, -0.15) is 5.26 Å². The molecule has 0 bridgehead atoms. The summed E-state index contributed by atoms with van der Waals surface area (Å²) in [5, 5.41) is 8.14. The highest BCUT2D eigenvalue weighted by atomic mass is 14.2. The lowest BCUT2D eigenvalue weighted by atomic mass is 10.2. The van der Waals surface area contributed by atoms with E-state index in [9.17, 15) is 0 Å². The average molecular weight is 121 g/mol. The quantitative estimate of drug-likeness (QED) is 0.406. The van der Waals surface area contributed by atoms with Crippen molar-refractivity contribution >= 4 is 0 Å². The minimum atomic E-state index is 0.995. The molecule has 0 aromatic heterocycles. The molecule has 0 spiro atoms. The predicted molar refractivity (Wildman–Crippen MR) is 38.8 cm³/mol. The molecule has 0 saturated carbocycles. The first-order valence-electron chi connectivity index (χ1n) is 3.06. The van der Waals surface area contributed by atoms with E-state index in [0.717, 1.165) is 6.42 Å². The Morgan fingerprint density at radius 2 is 2.33 bits per heavy atom. The molecule has 0 aromatic carbocycles. The zero-order valence-electron chi connectivity index (χ0n) is 5.89. The molecule has 0 N–H and O–H groups in total. The summed E-state index contributed by atoms with van der Waals surface area (Å²) in [5.74, 6) is 0. The van der Waals surface area contributed by atoms with Crippen molar-refractivity contribution in [3.8, 4) is 6.07 Å². The van der Waals surface area contributed by atoms with Crippen LogP contribution in [0.1, 0.15) is 20.3 Å². The second kappa shape index (κ2) is 5.11. The zero-order chi connectivity index (χ0) is 7.11. The van der Waals surface area contributed by atoms with E-state index in [0.29, 0.717) is 0 Å². The van der Waals surface area contributed by atoms with Crippen LogP contribution >= 0.6 is 0 Å². The maximum absolute atomic E-state index is 8.14. The van der Waals surface area contributed by atoms with E-state index in [1.807, 2.05) is 25.1 Å². The number of hydrogen-bond acceptors (Lipinski definition) is 1. The van der Waals surface area contributed by atoms with Gasteiger partial charge in [0.1, 0.15) is 0 Å². The molecule has 0 atom stereocenters. The van der Waals surface area contributed by atoms with E-state index in [1.54, 1.807) is 0 Å². The highest BCUT2D eigenvalue weighted by Crippen LogP contribution is 2.00. The van der Waals surface area contributed by atoms with E-state index < -0.39 is 0 Å². The minimum Gasteiger partial charge on any atom is -0.193 e. The Morgan fingerprint density at radius 3 is 2.67 bits per heavy atom. The molecule has 48 valence electrons. The van der Waals surface area contributed by atoms with Crippen LogP contribution in [0.4, 0.5) is 0 Å². The van der Waals surface area contributed by atoms with Crippen LogP contribution in [0.25, 0.3) is 0 Å². The van der Waals surface area contributed by atoms with E-state index >= 15 is 0 Å². The fourth-order valence-corrected chi connectivity index (χ4v) is 0.563. The molecular formula is C8H11N. The Balaban J connectivity index is 3.89. The zero-order valence-corrected chi connectivity index (χ0v) is 5.89. The van der Waals surface area contributed by atoms with Crippen molar-refractivity contribution in [2.75, 3.05) is 0 Å². The van der Waals surface area contributed by atoms with E-state index in [1.165, 1.54) is 11.6 Å². The Morgan fingerprint density at radius 1 is 1.67 bits per heavy atom. The highest BCUT2D eigenvalue weighted by molar-refractivity contribution is 5.21. The van der Waals surface area contributed by atoms with Crippen LogP contribution in [-0.4, -0.2) is 0 Å². The maximum Gasteiger partial charge on any atom is 0.0912 e. The van der Waals surface area contributed by atoms with Gasteiger partial charge in [0.2, 0.25) is 0 Å². The fourth-order valence-electron chi connectivity index (χ4n) is 0.563. The molecular weight excluding hydrogens is 110 g/mol. The summed E-state index contributed by atoms with van der Waals surface area (Å²) < 4.78 is 0. The second-order valence-electron chi connectivity index (χ2n) is 1.68. The molecule has 0 amide bonds. The smallest absolute Gasteiger partial charge is 0.0912 e. The van der Waals surface area contributed by atoms with Crippen LogP contribution in [0, 0.1) is 11.3 Å². The summed E-state index contributed by atoms with van der Waals surface area (Å²) in [6.45, 7) is 4.04. The van der Waals surface area contributed by atoms with Gasteiger partial charge in [-0.15, -0.1) is 0 Å². The van der Waals surface area contributed by atoms with Gasteiger partial charge in [0, 0.05) is 6.08 Å². The van der Waals surface area contributed by atoms with E-state index in [2.05, 4.69) is 6.92 Å². The molecule has 1 nitrogen and oxygen atoms in total. The van der Waals surface area contributed by atoms with Crippen LogP contribution in [0.2, 0.25) is 0 Å². The van der Waals surface area contributed by atoms with Crippen molar-refractivity contribution in [1.29, 1.82) is 5.26 Å². The molecule has 0 aliphatic rings. The number of rotatable bonds is 2. The minimum absolute atomic E-state index is 0.995. The molecule has 9 heavy (non-hydrogen) atoms. The van der Waals surface area contributed by atoms with Crippen LogP contribution in [0.15, 0.2) is 23.8 Å². The number of nitriles is 1. The van der Waals surface area contributed by atoms with Crippen molar-refractivity contribution in [2.24, 2.45) is 0 Å². The molecule has 0 radical (unpaired) electrons. The van der Waals surface area contributed by atoms with Gasteiger partial charge >= 0.3 is 0 Å². The van der Waals surface area contributed by atoms with Gasteiger partial charge in [-0.05, 0) is 19.4 Å². The summed E-state index contributed by atoms with van der Waals surface area (Å²) in [4.78, 5) is 0. The molecule has 0 heterocycles. The lowest BCUT2D eigenvalue weighted by molar-refractivity contribution is 1.14. The molecule has 0 aliphatic heterocycles. The summed E-state index contributed by atoms with van der Waals surface area (Å²) in [5.41, 5.74) is 1.21. The molecule has 0 saturated heterocycles. The van der Waals surface area contributed by atoms with Gasteiger partial charge in [-0.1, -0.05) is 18.6 Å². The van der Waals surface area contributed by atoms with Crippen molar-refractivity contribution in [1.82, 2.24) is 0 Å². The number of nitrogens with zero attached hydrogens (tertiary/aromatic N) is 1. The average Bonchev–Trinajstić information content (AvgIpc) is 1.91. The van der Waals surface area contributed by atoms with Gasteiger partial charge in [0.15, 0.2) is 0 Å². The third-order valence-corrected chi connectivity index (χ3v) is 1.15. The van der Waals surface area contributed by atoms with Crippen LogP contribution in [0.3, 0.4) is 0 Å². The largest absolute Gasteiger partial charge is 0.193 e. The number of hydrogen-bond donors (Lipinski definition) is 0. The van der Waals surface area contributed by atoms with Crippen LogP contribution in [-0.2, 0) is 0 Å². The highest BCUT2D eigenvalue weighted by Gasteiger charge is 1.81. The van der Waals surface area contributed by atoms with Gasteiger partial charge in [-0.3, -0.25) is 0 Å². The standard InChI is InChI=1S/C8H11N/c1-3-8(4-2)6-5-7-9/h3,5-6H,4H2,1-2H3. The van der Waals surface area contributed by atoms with E-state index in [-0.39, 0.29) is 0 Å². The van der Waals surface area contributed by atoms with Crippen molar-refractivity contribution in [2.45, 2.75) is 20.3 Å². The SMILES string of the molecule is CC=C(C=CC#N)CC. The summed E-state index contributed by atoms with van der Waals surface area (Å²) in [7, 11) is 0. The first-order chi connectivity index (χ1) is 4.35. The Hall–Kier alpha value is -1.03. The Labute approximate surface area is 56.3 Å². The Kier molecular flexibility index (Phi) is 4.53. The normalized spacial score (nSPS) is 11.9.